The molecule has 0 amide bonds. The standard InChI is InChI=1S/C2H6OP2/c1-2-5(3)4/h3H,2H2,1H3. The fraction of sp³-hybridized carbons (Fsp3) is 1.00. The summed E-state index contributed by atoms with van der Waals surface area (Å²) in [6.07, 6.45) is 0.790. The van der Waals surface area contributed by atoms with Gasteiger partial charge in [0.25, 0.3) is 0 Å². The van der Waals surface area contributed by atoms with Crippen LogP contribution in [0, 0.1) is 0 Å². The number of hydrogen-bond acceptors (Lipinski definition) is 1. The van der Waals surface area contributed by atoms with Gasteiger partial charge in [0, 0.05) is 0 Å². The molecule has 0 spiro atoms. The molecule has 0 aliphatic rings. The van der Waals surface area contributed by atoms with Gasteiger partial charge in [-0.2, -0.15) is 0 Å². The second kappa shape index (κ2) is 2.90. The van der Waals surface area contributed by atoms with Crippen LogP contribution in [0.15, 0.2) is 0 Å². The molecule has 0 aromatic rings. The molecular formula is C2H6OP2. The molecule has 0 rings (SSSR count). The zero-order valence-electron chi connectivity index (χ0n) is 3.05. The minimum absolute atomic E-state index is 0.790. The van der Waals surface area contributed by atoms with Gasteiger partial charge in [-0.25, -0.2) is 0 Å². The van der Waals surface area contributed by atoms with Crippen molar-refractivity contribution >= 4 is 15.6 Å². The molecule has 5 heavy (non-hydrogen) atoms. The van der Waals surface area contributed by atoms with Crippen molar-refractivity contribution < 1.29 is 4.89 Å². The monoisotopic (exact) mass is 108 g/mol. The molecule has 0 bridgehead atoms. The zero-order valence-corrected chi connectivity index (χ0v) is 4.84. The van der Waals surface area contributed by atoms with Crippen molar-refractivity contribution in [2.45, 2.75) is 6.92 Å². The molecule has 0 aliphatic heterocycles. The van der Waals surface area contributed by atoms with Gasteiger partial charge in [0.15, 0.2) is 0 Å². The Morgan fingerprint density at radius 1 is 2.00 bits per heavy atom. The fourth-order valence-corrected chi connectivity index (χ4v) is 0. The van der Waals surface area contributed by atoms with Gasteiger partial charge in [0.05, 0.1) is 0 Å². The molecule has 1 atom stereocenters. The SMILES string of the molecule is CCP(O)#P. The Kier molecular flexibility index (Phi) is 3.30. The predicted molar refractivity (Wildman–Crippen MR) is 26.6 cm³/mol. The van der Waals surface area contributed by atoms with Gasteiger partial charge in [-0.15, -0.1) is 0 Å². The van der Waals surface area contributed by atoms with E-state index in [-0.39, 0.29) is 0 Å². The van der Waals surface area contributed by atoms with Gasteiger partial charge in [0.1, 0.15) is 0 Å². The van der Waals surface area contributed by atoms with E-state index in [2.05, 4.69) is 8.34 Å². The molecule has 1 nitrogen and oxygen atoms in total. The fourth-order valence-electron chi connectivity index (χ4n) is 0. The maximum absolute atomic E-state index is 8.29. The van der Waals surface area contributed by atoms with Crippen LogP contribution in [0.2, 0.25) is 0 Å². The van der Waals surface area contributed by atoms with E-state index in [0.717, 1.165) is 6.16 Å². The average Bonchev–Trinajstić information content (AvgIpc) is 1.38. The molecule has 1 N–H and O–H groups in total. The molecule has 0 fully saturated rings. The van der Waals surface area contributed by atoms with Gasteiger partial charge >= 0.3 is 33.6 Å². The molecule has 0 saturated carbocycles. The molecule has 3 heteroatoms. The zero-order chi connectivity index (χ0) is 4.28. The Balaban J connectivity index is 2.97. The van der Waals surface area contributed by atoms with E-state index in [9.17, 15) is 0 Å². The Bertz CT molecular complexity index is 69.5. The summed E-state index contributed by atoms with van der Waals surface area (Å²) in [5.74, 6) is 0. The van der Waals surface area contributed by atoms with Crippen LogP contribution >= 0.6 is 15.6 Å². The van der Waals surface area contributed by atoms with Crippen LogP contribution in [0.4, 0.5) is 0 Å². The van der Waals surface area contributed by atoms with Crippen molar-refractivity contribution in [1.82, 2.24) is 0 Å². The van der Waals surface area contributed by atoms with E-state index in [4.69, 9.17) is 4.89 Å². The first-order valence-electron chi connectivity index (χ1n) is 1.42. The van der Waals surface area contributed by atoms with Gasteiger partial charge in [-0.3, -0.25) is 0 Å². The van der Waals surface area contributed by atoms with Crippen LogP contribution in [-0.4, -0.2) is 11.1 Å². The summed E-state index contributed by atoms with van der Waals surface area (Å²) in [4.78, 5) is 8.29. The van der Waals surface area contributed by atoms with E-state index >= 15 is 0 Å². The summed E-state index contributed by atoms with van der Waals surface area (Å²) in [6.45, 7) is 1.90. The van der Waals surface area contributed by atoms with Crippen LogP contribution in [0.3, 0.4) is 0 Å². The van der Waals surface area contributed by atoms with Gasteiger partial charge in [-0.05, 0) is 0 Å². The first-order valence-corrected chi connectivity index (χ1v) is 4.06. The molecular weight excluding hydrogens is 102 g/mol. The van der Waals surface area contributed by atoms with Gasteiger partial charge < -0.3 is 0 Å². The van der Waals surface area contributed by atoms with E-state index in [0.29, 0.717) is 0 Å². The van der Waals surface area contributed by atoms with Crippen LogP contribution in [0.25, 0.3) is 0 Å². The summed E-state index contributed by atoms with van der Waals surface area (Å²) in [6, 6.07) is 0. The number of rotatable bonds is 0. The summed E-state index contributed by atoms with van der Waals surface area (Å²) >= 11 is 0. The molecule has 0 radical (unpaired) electrons. The Morgan fingerprint density at radius 3 is 2.20 bits per heavy atom. The van der Waals surface area contributed by atoms with Crippen molar-refractivity contribution in [2.75, 3.05) is 6.16 Å². The third-order valence-electron chi connectivity index (χ3n) is 0.283. The molecule has 0 heterocycles. The van der Waals surface area contributed by atoms with Crippen LogP contribution in [0.1, 0.15) is 6.92 Å². The van der Waals surface area contributed by atoms with Crippen molar-refractivity contribution in [3.63, 3.8) is 0 Å². The third-order valence-corrected chi connectivity index (χ3v) is 1.70. The topological polar surface area (TPSA) is 20.2 Å². The van der Waals surface area contributed by atoms with Crippen molar-refractivity contribution in [3.8, 4) is 0 Å². The van der Waals surface area contributed by atoms with E-state index in [1.54, 1.807) is 0 Å². The second-order valence-electron chi connectivity index (χ2n) is 0.689. The Morgan fingerprint density at radius 2 is 2.20 bits per heavy atom. The molecule has 0 aliphatic carbocycles. The van der Waals surface area contributed by atoms with Crippen molar-refractivity contribution in [2.24, 2.45) is 0 Å². The normalized spacial score (nSPS) is 11.0. The van der Waals surface area contributed by atoms with Crippen LogP contribution in [-0.2, 0) is 0 Å². The number of hydrogen-bond donors (Lipinski definition) is 1. The van der Waals surface area contributed by atoms with Crippen LogP contribution < -0.4 is 0 Å². The van der Waals surface area contributed by atoms with E-state index in [1.807, 2.05) is 6.92 Å². The van der Waals surface area contributed by atoms with E-state index in [1.165, 1.54) is 0 Å². The van der Waals surface area contributed by atoms with Crippen LogP contribution in [0.5, 0.6) is 0 Å². The Hall–Kier alpha value is 0.690. The average molecular weight is 108 g/mol. The van der Waals surface area contributed by atoms with Crippen molar-refractivity contribution in [3.05, 3.63) is 0 Å². The van der Waals surface area contributed by atoms with E-state index < -0.39 is 7.25 Å². The van der Waals surface area contributed by atoms with Gasteiger partial charge in [0.2, 0.25) is 0 Å². The summed E-state index contributed by atoms with van der Waals surface area (Å²) in [5, 5.41) is 0. The molecule has 1 unspecified atom stereocenters. The molecule has 0 saturated heterocycles. The summed E-state index contributed by atoms with van der Waals surface area (Å²) in [7, 11) is 2.81. The first-order chi connectivity index (χ1) is 2.27. The molecule has 0 aromatic carbocycles. The minimum atomic E-state index is -0.904. The molecule has 30 valence electrons. The predicted octanol–water partition coefficient (Wildman–Crippen LogP) is 1.72. The third kappa shape index (κ3) is 4.69. The summed E-state index contributed by atoms with van der Waals surface area (Å²) < 4.78 is 0. The quantitative estimate of drug-likeness (QED) is 0.468. The summed E-state index contributed by atoms with van der Waals surface area (Å²) in [5.41, 5.74) is 0. The van der Waals surface area contributed by atoms with Crippen molar-refractivity contribution in [1.29, 1.82) is 0 Å². The maximum atomic E-state index is 8.29. The first kappa shape index (κ1) is 5.69. The second-order valence-corrected chi connectivity index (χ2v) is 3.45. The molecule has 0 aromatic heterocycles. The van der Waals surface area contributed by atoms with Gasteiger partial charge in [-0.1, -0.05) is 0 Å². The Labute approximate surface area is 34.5 Å².